The van der Waals surface area contributed by atoms with Crippen LogP contribution in [0, 0.1) is 6.92 Å². The summed E-state index contributed by atoms with van der Waals surface area (Å²) in [5.41, 5.74) is 3.17. The molecule has 0 spiro atoms. The average molecular weight is 296 g/mol. The van der Waals surface area contributed by atoms with E-state index < -0.39 is 0 Å². The molecule has 0 amide bonds. The summed E-state index contributed by atoms with van der Waals surface area (Å²) in [6.45, 7) is 3.32. The third-order valence-electron chi connectivity index (χ3n) is 3.00. The molecular weight excluding hydrogens is 281 g/mol. The van der Waals surface area contributed by atoms with E-state index in [1.54, 1.807) is 6.07 Å². The molecular formula is C15H15Cl2NO. The van der Waals surface area contributed by atoms with Gasteiger partial charge in [0.2, 0.25) is 0 Å². The van der Waals surface area contributed by atoms with Crippen LogP contribution in [0.5, 0.6) is 5.75 Å². The lowest BCUT2D eigenvalue weighted by atomic mass is 10.1. The van der Waals surface area contributed by atoms with E-state index in [9.17, 15) is 5.11 Å². The number of hydrogen-bond acceptors (Lipinski definition) is 2. The zero-order chi connectivity index (χ0) is 13.8. The molecule has 4 heteroatoms. The van der Waals surface area contributed by atoms with Gasteiger partial charge < -0.3 is 10.4 Å². The van der Waals surface area contributed by atoms with Crippen molar-refractivity contribution >= 4 is 23.2 Å². The van der Waals surface area contributed by atoms with E-state index in [4.69, 9.17) is 23.2 Å². The molecule has 0 aliphatic heterocycles. The summed E-state index contributed by atoms with van der Waals surface area (Å²) in [6, 6.07) is 11.4. The van der Waals surface area contributed by atoms with Crippen LogP contribution in [0.3, 0.4) is 0 Å². The summed E-state index contributed by atoms with van der Waals surface area (Å²) in [5, 5.41) is 13.9. The molecule has 0 aliphatic carbocycles. The molecule has 0 atom stereocenters. The van der Waals surface area contributed by atoms with Gasteiger partial charge in [0.15, 0.2) is 0 Å². The summed E-state index contributed by atoms with van der Waals surface area (Å²) in [6.07, 6.45) is 0. The van der Waals surface area contributed by atoms with Crippen molar-refractivity contribution in [3.63, 3.8) is 0 Å². The van der Waals surface area contributed by atoms with Gasteiger partial charge in [-0.2, -0.15) is 0 Å². The van der Waals surface area contributed by atoms with Crippen molar-refractivity contribution in [1.82, 2.24) is 5.32 Å². The predicted molar refractivity (Wildman–Crippen MR) is 79.8 cm³/mol. The largest absolute Gasteiger partial charge is 0.506 e. The van der Waals surface area contributed by atoms with E-state index in [1.807, 2.05) is 12.1 Å². The van der Waals surface area contributed by atoms with Gasteiger partial charge in [0.1, 0.15) is 5.75 Å². The minimum absolute atomic E-state index is 0.0864. The molecule has 100 valence electrons. The minimum atomic E-state index is 0.0864. The molecule has 2 nitrogen and oxygen atoms in total. The highest BCUT2D eigenvalue weighted by Gasteiger charge is 2.07. The summed E-state index contributed by atoms with van der Waals surface area (Å²) < 4.78 is 0. The second-order valence-corrected chi connectivity index (χ2v) is 5.27. The lowest BCUT2D eigenvalue weighted by Gasteiger charge is -2.10. The van der Waals surface area contributed by atoms with E-state index in [0.717, 1.165) is 6.54 Å². The van der Waals surface area contributed by atoms with Gasteiger partial charge >= 0.3 is 0 Å². The molecule has 0 bridgehead atoms. The molecule has 2 aromatic rings. The van der Waals surface area contributed by atoms with E-state index in [2.05, 4.69) is 24.4 Å². The van der Waals surface area contributed by atoms with Gasteiger partial charge in [-0.3, -0.25) is 0 Å². The molecule has 2 aromatic carbocycles. The predicted octanol–water partition coefficient (Wildman–Crippen LogP) is 4.30. The highest BCUT2D eigenvalue weighted by Crippen LogP contribution is 2.31. The lowest BCUT2D eigenvalue weighted by molar-refractivity contribution is 0.464. The molecule has 2 N–H and O–H groups in total. The van der Waals surface area contributed by atoms with Crippen LogP contribution in [0.1, 0.15) is 16.7 Å². The topological polar surface area (TPSA) is 32.3 Å². The molecule has 0 unspecified atom stereocenters. The van der Waals surface area contributed by atoms with Crippen LogP contribution in [0.2, 0.25) is 10.0 Å². The van der Waals surface area contributed by atoms with Crippen LogP contribution in [0.4, 0.5) is 0 Å². The zero-order valence-corrected chi connectivity index (χ0v) is 12.1. The molecule has 0 heterocycles. The molecule has 0 fully saturated rings. The first-order valence-electron chi connectivity index (χ1n) is 6.00. The van der Waals surface area contributed by atoms with Gasteiger partial charge in [-0.15, -0.1) is 0 Å². The third kappa shape index (κ3) is 3.63. The number of benzene rings is 2. The summed E-state index contributed by atoms with van der Waals surface area (Å²) in [5.74, 6) is 0.0864. The van der Waals surface area contributed by atoms with Gasteiger partial charge in [0.25, 0.3) is 0 Å². The minimum Gasteiger partial charge on any atom is -0.506 e. The van der Waals surface area contributed by atoms with Gasteiger partial charge in [0, 0.05) is 23.7 Å². The van der Waals surface area contributed by atoms with E-state index >= 15 is 0 Å². The maximum Gasteiger partial charge on any atom is 0.138 e. The number of halogens is 2. The number of phenolic OH excluding ortho intramolecular Hbond substituents is 1. The molecule has 2 rings (SSSR count). The number of aromatic hydroxyl groups is 1. The van der Waals surface area contributed by atoms with Crippen molar-refractivity contribution < 1.29 is 5.11 Å². The van der Waals surface area contributed by atoms with Crippen molar-refractivity contribution in [1.29, 1.82) is 0 Å². The maximum absolute atomic E-state index is 9.84. The first kappa shape index (κ1) is 14.2. The fraction of sp³-hybridized carbons (Fsp3) is 0.200. The van der Waals surface area contributed by atoms with Crippen LogP contribution < -0.4 is 5.32 Å². The zero-order valence-electron chi connectivity index (χ0n) is 10.6. The van der Waals surface area contributed by atoms with Crippen LogP contribution in [0.25, 0.3) is 0 Å². The lowest BCUT2D eigenvalue weighted by Crippen LogP contribution is -2.13. The first-order chi connectivity index (χ1) is 9.08. The Labute approximate surface area is 123 Å². The van der Waals surface area contributed by atoms with Crippen molar-refractivity contribution in [3.8, 4) is 5.75 Å². The molecule has 0 saturated carbocycles. The van der Waals surface area contributed by atoms with Crippen molar-refractivity contribution in [2.24, 2.45) is 0 Å². The molecule has 0 radical (unpaired) electrons. The number of aryl methyl sites for hydroxylation is 1. The second kappa shape index (κ2) is 6.29. The van der Waals surface area contributed by atoms with Gasteiger partial charge in [-0.05, 0) is 30.2 Å². The maximum atomic E-state index is 9.84. The normalized spacial score (nSPS) is 10.7. The SMILES string of the molecule is Cc1ccccc1CNCc1cc(Cl)cc(Cl)c1O. The van der Waals surface area contributed by atoms with Crippen LogP contribution in [-0.2, 0) is 13.1 Å². The number of rotatable bonds is 4. The monoisotopic (exact) mass is 295 g/mol. The summed E-state index contributed by atoms with van der Waals surface area (Å²) in [7, 11) is 0. The Morgan fingerprint density at radius 3 is 2.47 bits per heavy atom. The summed E-state index contributed by atoms with van der Waals surface area (Å²) in [4.78, 5) is 0. The number of nitrogens with one attached hydrogen (secondary N) is 1. The van der Waals surface area contributed by atoms with Crippen molar-refractivity contribution in [3.05, 3.63) is 63.1 Å². The number of hydrogen-bond donors (Lipinski definition) is 2. The van der Waals surface area contributed by atoms with E-state index in [0.29, 0.717) is 17.1 Å². The van der Waals surface area contributed by atoms with Crippen LogP contribution >= 0.6 is 23.2 Å². The highest BCUT2D eigenvalue weighted by molar-refractivity contribution is 6.35. The van der Waals surface area contributed by atoms with Gasteiger partial charge in [-0.1, -0.05) is 47.5 Å². The molecule has 19 heavy (non-hydrogen) atoms. The quantitative estimate of drug-likeness (QED) is 0.881. The smallest absolute Gasteiger partial charge is 0.138 e. The average Bonchev–Trinajstić information content (AvgIpc) is 2.37. The Balaban J connectivity index is 2.02. The van der Waals surface area contributed by atoms with E-state index in [-0.39, 0.29) is 10.8 Å². The molecule has 0 saturated heterocycles. The molecule has 0 aliphatic rings. The highest BCUT2D eigenvalue weighted by atomic mass is 35.5. The second-order valence-electron chi connectivity index (χ2n) is 4.43. The van der Waals surface area contributed by atoms with Crippen LogP contribution in [0.15, 0.2) is 36.4 Å². The Kier molecular flexibility index (Phi) is 4.70. The fourth-order valence-electron chi connectivity index (χ4n) is 1.89. The van der Waals surface area contributed by atoms with Crippen LogP contribution in [-0.4, -0.2) is 5.11 Å². The fourth-order valence-corrected chi connectivity index (χ4v) is 2.43. The van der Waals surface area contributed by atoms with Crippen molar-refractivity contribution in [2.75, 3.05) is 0 Å². The van der Waals surface area contributed by atoms with Gasteiger partial charge in [0.05, 0.1) is 5.02 Å². The third-order valence-corrected chi connectivity index (χ3v) is 3.51. The van der Waals surface area contributed by atoms with Crippen molar-refractivity contribution in [2.45, 2.75) is 20.0 Å². The first-order valence-corrected chi connectivity index (χ1v) is 6.75. The van der Waals surface area contributed by atoms with Gasteiger partial charge in [-0.25, -0.2) is 0 Å². The summed E-state index contributed by atoms with van der Waals surface area (Å²) >= 11 is 11.8. The Morgan fingerprint density at radius 1 is 1.05 bits per heavy atom. The Morgan fingerprint density at radius 2 is 1.74 bits per heavy atom. The molecule has 0 aromatic heterocycles. The standard InChI is InChI=1S/C15H15Cl2NO/c1-10-4-2-3-5-11(10)8-18-9-12-6-13(16)7-14(17)15(12)19/h2-7,18-19H,8-9H2,1H3. The Hall–Kier alpha value is -1.22. The van der Waals surface area contributed by atoms with E-state index in [1.165, 1.54) is 17.2 Å². The Bertz CT molecular complexity index is 584. The number of phenols is 1.